The number of alkyl halides is 3. The van der Waals surface area contributed by atoms with E-state index in [4.69, 9.17) is 4.74 Å². The number of pyridine rings is 2. The summed E-state index contributed by atoms with van der Waals surface area (Å²) in [5.41, 5.74) is 1.18. The minimum atomic E-state index is -4.65. The normalized spacial score (nSPS) is 15.4. The lowest BCUT2D eigenvalue weighted by Crippen LogP contribution is -2.17. The fraction of sp³-hybridized carbons (Fsp3) is 0.241. The number of nitrogens with one attached hydrogen (secondary N) is 2. The van der Waals surface area contributed by atoms with E-state index in [1.807, 2.05) is 4.57 Å². The largest absolute Gasteiger partial charge is 0.416 e. The molecule has 0 saturated carbocycles. The number of hydrogen-bond acceptors (Lipinski definition) is 8. The van der Waals surface area contributed by atoms with Gasteiger partial charge in [0.1, 0.15) is 41.1 Å². The highest BCUT2D eigenvalue weighted by Gasteiger charge is 2.31. The summed E-state index contributed by atoms with van der Waals surface area (Å²) in [7, 11) is 0. The molecule has 5 aromatic rings. The molecule has 5 heterocycles. The van der Waals surface area contributed by atoms with Gasteiger partial charge in [-0.1, -0.05) is 0 Å². The van der Waals surface area contributed by atoms with E-state index in [0.29, 0.717) is 40.9 Å². The molecule has 6 rings (SSSR count). The van der Waals surface area contributed by atoms with Crippen LogP contribution in [0.4, 0.5) is 34.8 Å². The van der Waals surface area contributed by atoms with E-state index in [1.54, 1.807) is 24.7 Å². The first-order chi connectivity index (χ1) is 20.7. The van der Waals surface area contributed by atoms with Crippen LogP contribution in [-0.4, -0.2) is 42.0 Å². The Kier molecular flexibility index (Phi) is 7.44. The van der Waals surface area contributed by atoms with Crippen molar-refractivity contribution in [3.63, 3.8) is 0 Å². The zero-order chi connectivity index (χ0) is 30.1. The highest BCUT2D eigenvalue weighted by Crippen LogP contribution is 2.35. The molecule has 1 unspecified atom stereocenters. The Balaban J connectivity index is 1.31. The van der Waals surface area contributed by atoms with Crippen LogP contribution in [0, 0.1) is 12.7 Å². The van der Waals surface area contributed by atoms with Crippen molar-refractivity contribution in [3.8, 4) is 11.3 Å². The number of imidazole rings is 1. The number of carbonyl (C=O) groups excluding carboxylic acids is 1. The van der Waals surface area contributed by atoms with Gasteiger partial charge in [-0.3, -0.25) is 14.3 Å². The van der Waals surface area contributed by atoms with E-state index in [9.17, 15) is 18.0 Å². The van der Waals surface area contributed by atoms with Crippen molar-refractivity contribution in [2.45, 2.75) is 38.6 Å². The van der Waals surface area contributed by atoms with Gasteiger partial charge in [0.15, 0.2) is 5.65 Å². The SMILES string of the molecule is Cc1c(F)cc(NC(=O)c2cc(C(F)(F)F)ccn2)cc1Nc1ncccc1-c1ncnc2c1ncn2C1CCCCO1. The molecule has 1 amide bonds. The number of rotatable bonds is 6. The van der Waals surface area contributed by atoms with Gasteiger partial charge >= 0.3 is 6.18 Å². The Hall–Kier alpha value is -4.98. The van der Waals surface area contributed by atoms with Crippen LogP contribution in [0.5, 0.6) is 0 Å². The Bertz CT molecular complexity index is 1820. The van der Waals surface area contributed by atoms with Gasteiger partial charge in [0, 0.05) is 41.5 Å². The molecule has 0 aliphatic carbocycles. The van der Waals surface area contributed by atoms with Crippen LogP contribution in [0.2, 0.25) is 0 Å². The van der Waals surface area contributed by atoms with Crippen LogP contribution in [0.15, 0.2) is 61.4 Å². The zero-order valence-corrected chi connectivity index (χ0v) is 22.7. The monoisotopic (exact) mass is 592 g/mol. The molecule has 4 aromatic heterocycles. The highest BCUT2D eigenvalue weighted by molar-refractivity contribution is 6.03. The van der Waals surface area contributed by atoms with Crippen molar-refractivity contribution in [1.29, 1.82) is 0 Å². The number of hydrogen-bond donors (Lipinski definition) is 2. The van der Waals surface area contributed by atoms with Gasteiger partial charge in [-0.05, 0) is 62.6 Å². The number of carbonyl (C=O) groups is 1. The molecule has 43 heavy (non-hydrogen) atoms. The molecule has 1 aromatic carbocycles. The quantitative estimate of drug-likeness (QED) is 0.216. The standard InChI is InChI=1S/C29H24F4N8O2/c1-16-20(30)12-18(39-28(42)22-11-17(7-9-34-22)29(31,32)33)13-21(16)40-26-19(5-4-8-35-26)24-25-27(37-14-36-24)41(15-38-25)23-6-2-3-10-43-23/h4-5,7-9,11-15,23H,2-3,6,10H2,1H3,(H,35,40)(H,39,42). The second kappa shape index (κ2) is 11.4. The second-order valence-electron chi connectivity index (χ2n) is 9.90. The lowest BCUT2D eigenvalue weighted by atomic mass is 10.1. The first-order valence-corrected chi connectivity index (χ1v) is 13.4. The molecule has 1 atom stereocenters. The maximum Gasteiger partial charge on any atom is 0.416 e. The second-order valence-corrected chi connectivity index (χ2v) is 9.90. The Morgan fingerprint density at radius 1 is 1.05 bits per heavy atom. The zero-order valence-electron chi connectivity index (χ0n) is 22.7. The first-order valence-electron chi connectivity index (χ1n) is 13.4. The third-order valence-electron chi connectivity index (χ3n) is 7.06. The fourth-order valence-corrected chi connectivity index (χ4v) is 4.83. The van der Waals surface area contributed by atoms with Gasteiger partial charge < -0.3 is 15.4 Å². The third-order valence-corrected chi connectivity index (χ3v) is 7.06. The first kappa shape index (κ1) is 28.2. The topological polar surface area (TPSA) is 120 Å². The molecule has 10 nitrogen and oxygen atoms in total. The Morgan fingerprint density at radius 2 is 1.91 bits per heavy atom. The molecular formula is C29H24F4N8O2. The highest BCUT2D eigenvalue weighted by atomic mass is 19.4. The summed E-state index contributed by atoms with van der Waals surface area (Å²) >= 11 is 0. The van der Waals surface area contributed by atoms with E-state index in [-0.39, 0.29) is 23.2 Å². The van der Waals surface area contributed by atoms with Crippen LogP contribution in [0.1, 0.15) is 47.1 Å². The van der Waals surface area contributed by atoms with Gasteiger partial charge in [0.05, 0.1) is 11.9 Å². The predicted molar refractivity (Wildman–Crippen MR) is 149 cm³/mol. The van der Waals surface area contributed by atoms with Gasteiger partial charge in [0.25, 0.3) is 5.91 Å². The molecule has 0 radical (unpaired) electrons. The smallest absolute Gasteiger partial charge is 0.358 e. The Labute approximate surface area is 242 Å². The van der Waals surface area contributed by atoms with E-state index >= 15 is 4.39 Å². The van der Waals surface area contributed by atoms with Crippen LogP contribution >= 0.6 is 0 Å². The van der Waals surface area contributed by atoms with E-state index < -0.39 is 29.2 Å². The van der Waals surface area contributed by atoms with Crippen LogP contribution in [0.3, 0.4) is 0 Å². The van der Waals surface area contributed by atoms with Crippen molar-refractivity contribution in [2.75, 3.05) is 17.2 Å². The van der Waals surface area contributed by atoms with E-state index in [1.165, 1.54) is 19.3 Å². The molecule has 1 aliphatic rings. The third kappa shape index (κ3) is 5.73. The maximum absolute atomic E-state index is 15.0. The number of benzene rings is 1. The molecule has 1 fully saturated rings. The predicted octanol–water partition coefficient (Wildman–Crippen LogP) is 6.44. The molecule has 1 saturated heterocycles. The average Bonchev–Trinajstić information content (AvgIpc) is 3.45. The average molecular weight is 593 g/mol. The van der Waals surface area contributed by atoms with Gasteiger partial charge in [0.2, 0.25) is 0 Å². The molecule has 220 valence electrons. The summed E-state index contributed by atoms with van der Waals surface area (Å²) < 4.78 is 62.1. The number of ether oxygens (including phenoxy) is 1. The summed E-state index contributed by atoms with van der Waals surface area (Å²) in [6, 6.07) is 7.41. The van der Waals surface area contributed by atoms with Gasteiger partial charge in [-0.25, -0.2) is 24.3 Å². The van der Waals surface area contributed by atoms with Crippen molar-refractivity contribution in [1.82, 2.24) is 29.5 Å². The molecule has 14 heteroatoms. The number of fused-ring (bicyclic) bond motifs is 1. The number of aromatic nitrogens is 6. The van der Waals surface area contributed by atoms with Crippen LogP contribution in [0.25, 0.3) is 22.4 Å². The molecule has 2 N–H and O–H groups in total. The van der Waals surface area contributed by atoms with Crippen LogP contribution < -0.4 is 10.6 Å². The minimum Gasteiger partial charge on any atom is -0.358 e. The number of halogens is 4. The number of nitrogens with zero attached hydrogens (tertiary/aromatic N) is 6. The lowest BCUT2D eigenvalue weighted by molar-refractivity contribution is -0.137. The molecular weight excluding hydrogens is 568 g/mol. The van der Waals surface area contributed by atoms with Crippen LogP contribution in [-0.2, 0) is 10.9 Å². The van der Waals surface area contributed by atoms with Gasteiger partial charge in [-0.15, -0.1) is 0 Å². The van der Waals surface area contributed by atoms with Crippen molar-refractivity contribution in [3.05, 3.63) is 84.1 Å². The molecule has 0 bridgehead atoms. The lowest BCUT2D eigenvalue weighted by Gasteiger charge is -2.23. The van der Waals surface area contributed by atoms with E-state index in [2.05, 4.69) is 35.6 Å². The number of amides is 1. The summed E-state index contributed by atoms with van der Waals surface area (Å²) in [5, 5.41) is 5.53. The summed E-state index contributed by atoms with van der Waals surface area (Å²) in [6.07, 6.45) is 3.59. The summed E-state index contributed by atoms with van der Waals surface area (Å²) in [6.45, 7) is 2.19. The van der Waals surface area contributed by atoms with Gasteiger partial charge in [-0.2, -0.15) is 13.2 Å². The van der Waals surface area contributed by atoms with Crippen molar-refractivity contribution >= 4 is 34.3 Å². The molecule has 0 spiro atoms. The van der Waals surface area contributed by atoms with Crippen molar-refractivity contribution < 1.29 is 27.1 Å². The summed E-state index contributed by atoms with van der Waals surface area (Å²) in [5.74, 6) is -1.26. The minimum absolute atomic E-state index is 0.00273. The summed E-state index contributed by atoms with van der Waals surface area (Å²) in [4.78, 5) is 34.3. The Morgan fingerprint density at radius 3 is 2.70 bits per heavy atom. The van der Waals surface area contributed by atoms with E-state index in [0.717, 1.165) is 37.6 Å². The number of anilines is 3. The molecule has 1 aliphatic heterocycles. The fourth-order valence-electron chi connectivity index (χ4n) is 4.83. The maximum atomic E-state index is 15.0. The van der Waals surface area contributed by atoms with Crippen molar-refractivity contribution in [2.24, 2.45) is 0 Å².